The van der Waals surface area contributed by atoms with Crippen molar-refractivity contribution in [1.29, 1.82) is 0 Å². The van der Waals surface area contributed by atoms with Crippen molar-refractivity contribution in [2.75, 3.05) is 5.73 Å². The molecule has 0 aliphatic carbocycles. The number of benzene rings is 1. The van der Waals surface area contributed by atoms with Crippen LogP contribution in [-0.4, -0.2) is 4.98 Å². The predicted molar refractivity (Wildman–Crippen MR) is 69.7 cm³/mol. The zero-order valence-electron chi connectivity index (χ0n) is 10.3. The van der Waals surface area contributed by atoms with Crippen LogP contribution in [0.5, 0.6) is 0 Å². The van der Waals surface area contributed by atoms with E-state index in [4.69, 9.17) is 5.73 Å². The molecule has 84 valence electrons. The third-order valence-corrected chi connectivity index (χ3v) is 2.99. The molecule has 1 aromatic heterocycles. The lowest BCUT2D eigenvalue weighted by Gasteiger charge is -2.15. The largest absolute Gasteiger partial charge is 0.398 e. The van der Waals surface area contributed by atoms with Crippen LogP contribution in [0.1, 0.15) is 36.6 Å². The van der Waals surface area contributed by atoms with E-state index in [-0.39, 0.29) is 0 Å². The molecule has 0 spiro atoms. The van der Waals surface area contributed by atoms with Gasteiger partial charge in [0.1, 0.15) is 0 Å². The minimum atomic E-state index is 0.414. The molecule has 0 radical (unpaired) electrons. The van der Waals surface area contributed by atoms with Gasteiger partial charge < -0.3 is 5.73 Å². The second kappa shape index (κ2) is 3.78. The summed E-state index contributed by atoms with van der Waals surface area (Å²) in [6, 6.07) is 6.23. The van der Waals surface area contributed by atoms with Gasteiger partial charge in [0.25, 0.3) is 0 Å². The second-order valence-electron chi connectivity index (χ2n) is 4.70. The Morgan fingerprint density at radius 3 is 2.50 bits per heavy atom. The SMILES string of the molecule is Cc1ccc2nc(C)c(C(C)C)c(N)c2c1. The molecule has 0 aliphatic heterocycles. The van der Waals surface area contributed by atoms with Gasteiger partial charge in [-0.05, 0) is 37.5 Å². The van der Waals surface area contributed by atoms with E-state index in [1.54, 1.807) is 0 Å². The van der Waals surface area contributed by atoms with Crippen LogP contribution < -0.4 is 5.73 Å². The molecule has 0 saturated carbocycles. The molecule has 0 aliphatic rings. The average molecular weight is 214 g/mol. The first-order valence-electron chi connectivity index (χ1n) is 5.67. The molecule has 16 heavy (non-hydrogen) atoms. The van der Waals surface area contributed by atoms with Crippen molar-refractivity contribution in [1.82, 2.24) is 4.98 Å². The first-order valence-corrected chi connectivity index (χ1v) is 5.67. The number of aromatic nitrogens is 1. The minimum absolute atomic E-state index is 0.414. The van der Waals surface area contributed by atoms with E-state index in [9.17, 15) is 0 Å². The lowest BCUT2D eigenvalue weighted by Crippen LogP contribution is -2.03. The number of hydrogen-bond donors (Lipinski definition) is 1. The molecule has 1 heterocycles. The van der Waals surface area contributed by atoms with Gasteiger partial charge in [-0.15, -0.1) is 0 Å². The molecule has 0 fully saturated rings. The number of anilines is 1. The summed E-state index contributed by atoms with van der Waals surface area (Å²) in [7, 11) is 0. The summed E-state index contributed by atoms with van der Waals surface area (Å²) < 4.78 is 0. The van der Waals surface area contributed by atoms with E-state index >= 15 is 0 Å². The van der Waals surface area contributed by atoms with Gasteiger partial charge in [-0.3, -0.25) is 4.98 Å². The molecule has 2 N–H and O–H groups in total. The van der Waals surface area contributed by atoms with E-state index < -0.39 is 0 Å². The third-order valence-electron chi connectivity index (χ3n) is 2.99. The molecule has 0 bridgehead atoms. The van der Waals surface area contributed by atoms with Crippen molar-refractivity contribution in [2.45, 2.75) is 33.6 Å². The van der Waals surface area contributed by atoms with Gasteiger partial charge in [0.2, 0.25) is 0 Å². The maximum Gasteiger partial charge on any atom is 0.0726 e. The summed E-state index contributed by atoms with van der Waals surface area (Å²) >= 11 is 0. The standard InChI is InChI=1S/C14H18N2/c1-8(2)13-10(4)16-12-6-5-9(3)7-11(12)14(13)15/h5-8H,1-4H3,(H2,15,16). The van der Waals surface area contributed by atoms with Gasteiger partial charge in [0.05, 0.1) is 5.52 Å². The van der Waals surface area contributed by atoms with Crippen molar-refractivity contribution < 1.29 is 0 Å². The highest BCUT2D eigenvalue weighted by molar-refractivity contribution is 5.92. The summed E-state index contributed by atoms with van der Waals surface area (Å²) in [5.74, 6) is 0.414. The van der Waals surface area contributed by atoms with Crippen molar-refractivity contribution in [2.24, 2.45) is 0 Å². The quantitative estimate of drug-likeness (QED) is 0.788. The van der Waals surface area contributed by atoms with E-state index in [1.807, 2.05) is 13.0 Å². The van der Waals surface area contributed by atoms with E-state index in [1.165, 1.54) is 11.1 Å². The molecular weight excluding hydrogens is 196 g/mol. The monoisotopic (exact) mass is 214 g/mol. The Labute approximate surface area is 96.5 Å². The van der Waals surface area contributed by atoms with Crippen molar-refractivity contribution >= 4 is 16.6 Å². The summed E-state index contributed by atoms with van der Waals surface area (Å²) in [6.07, 6.45) is 0. The Balaban J connectivity index is 2.85. The van der Waals surface area contributed by atoms with Gasteiger partial charge in [-0.25, -0.2) is 0 Å². The molecule has 0 unspecified atom stereocenters. The highest BCUT2D eigenvalue weighted by Gasteiger charge is 2.12. The zero-order chi connectivity index (χ0) is 11.9. The molecular formula is C14H18N2. The fourth-order valence-electron chi connectivity index (χ4n) is 2.27. The lowest BCUT2D eigenvalue weighted by molar-refractivity contribution is 0.851. The van der Waals surface area contributed by atoms with Crippen LogP contribution in [0.15, 0.2) is 18.2 Å². The Hall–Kier alpha value is -1.57. The van der Waals surface area contributed by atoms with Gasteiger partial charge in [-0.1, -0.05) is 25.5 Å². The van der Waals surface area contributed by atoms with Crippen molar-refractivity contribution in [3.63, 3.8) is 0 Å². The molecule has 0 saturated heterocycles. The Morgan fingerprint density at radius 2 is 1.88 bits per heavy atom. The van der Waals surface area contributed by atoms with Crippen LogP contribution in [-0.2, 0) is 0 Å². The molecule has 0 atom stereocenters. The Morgan fingerprint density at radius 1 is 1.19 bits per heavy atom. The van der Waals surface area contributed by atoms with Crippen LogP contribution in [0.3, 0.4) is 0 Å². The van der Waals surface area contributed by atoms with Crippen molar-refractivity contribution in [3.05, 3.63) is 35.0 Å². The van der Waals surface area contributed by atoms with E-state index in [0.29, 0.717) is 5.92 Å². The number of nitrogens with two attached hydrogens (primary N) is 1. The van der Waals surface area contributed by atoms with E-state index in [2.05, 4.69) is 37.9 Å². The predicted octanol–water partition coefficient (Wildman–Crippen LogP) is 3.56. The molecule has 2 nitrogen and oxygen atoms in total. The first-order chi connectivity index (χ1) is 7.50. The zero-order valence-corrected chi connectivity index (χ0v) is 10.3. The first kappa shape index (κ1) is 10.9. The second-order valence-corrected chi connectivity index (χ2v) is 4.70. The number of aryl methyl sites for hydroxylation is 2. The van der Waals surface area contributed by atoms with Gasteiger partial charge >= 0.3 is 0 Å². The van der Waals surface area contributed by atoms with Gasteiger partial charge in [0, 0.05) is 16.8 Å². The van der Waals surface area contributed by atoms with Gasteiger partial charge in [-0.2, -0.15) is 0 Å². The van der Waals surface area contributed by atoms with Gasteiger partial charge in [0.15, 0.2) is 0 Å². The Kier molecular flexibility index (Phi) is 2.58. The topological polar surface area (TPSA) is 38.9 Å². The number of pyridine rings is 1. The molecule has 2 rings (SSSR count). The van der Waals surface area contributed by atoms with Crippen LogP contribution in [0.25, 0.3) is 10.9 Å². The number of fused-ring (bicyclic) bond motifs is 1. The summed E-state index contributed by atoms with van der Waals surface area (Å²) in [5, 5.41) is 1.08. The Bertz CT molecular complexity index is 542. The summed E-state index contributed by atoms with van der Waals surface area (Å²) in [6.45, 7) is 8.42. The highest BCUT2D eigenvalue weighted by atomic mass is 14.7. The van der Waals surface area contributed by atoms with Crippen LogP contribution >= 0.6 is 0 Å². The van der Waals surface area contributed by atoms with Crippen LogP contribution in [0.4, 0.5) is 5.69 Å². The van der Waals surface area contributed by atoms with Crippen molar-refractivity contribution in [3.8, 4) is 0 Å². The highest BCUT2D eigenvalue weighted by Crippen LogP contribution is 2.31. The summed E-state index contributed by atoms with van der Waals surface area (Å²) in [5.41, 5.74) is 11.6. The van der Waals surface area contributed by atoms with E-state index in [0.717, 1.165) is 22.3 Å². The number of hydrogen-bond acceptors (Lipinski definition) is 2. The molecule has 0 amide bonds. The minimum Gasteiger partial charge on any atom is -0.398 e. The summed E-state index contributed by atoms with van der Waals surface area (Å²) in [4.78, 5) is 4.62. The van der Waals surface area contributed by atoms with Crippen LogP contribution in [0.2, 0.25) is 0 Å². The fourth-order valence-corrected chi connectivity index (χ4v) is 2.27. The number of nitrogens with zero attached hydrogens (tertiary/aromatic N) is 1. The maximum absolute atomic E-state index is 6.25. The third kappa shape index (κ3) is 1.64. The molecule has 1 aromatic carbocycles. The number of rotatable bonds is 1. The number of nitrogen functional groups attached to an aromatic ring is 1. The fraction of sp³-hybridized carbons (Fsp3) is 0.357. The van der Waals surface area contributed by atoms with Crippen LogP contribution in [0, 0.1) is 13.8 Å². The average Bonchev–Trinajstić information content (AvgIpc) is 2.19. The lowest BCUT2D eigenvalue weighted by atomic mass is 9.96. The maximum atomic E-state index is 6.25. The normalized spacial score (nSPS) is 11.3. The molecule has 2 heteroatoms. The smallest absolute Gasteiger partial charge is 0.0726 e. The molecule has 2 aromatic rings.